The van der Waals surface area contributed by atoms with E-state index in [9.17, 15) is 30.1 Å². The molecule has 4 rings (SSSR count). The van der Waals surface area contributed by atoms with Crippen LogP contribution in [0.4, 0.5) is 10.3 Å². The highest BCUT2D eigenvalue weighted by molar-refractivity contribution is 5.81. The van der Waals surface area contributed by atoms with Crippen molar-refractivity contribution in [3.05, 3.63) is 12.7 Å². The largest absolute Gasteiger partial charge is 0.394 e. The highest BCUT2D eigenvalue weighted by Crippen LogP contribution is 2.46. The Morgan fingerprint density at radius 2 is 1.86 bits per heavy atom. The van der Waals surface area contributed by atoms with Crippen LogP contribution in [0.25, 0.3) is 11.2 Å². The average molecular weight is 417 g/mol. The van der Waals surface area contributed by atoms with Crippen molar-refractivity contribution in [2.75, 3.05) is 18.9 Å². The van der Waals surface area contributed by atoms with E-state index in [0.29, 0.717) is 0 Å². The molecule has 0 amide bonds. The second-order valence-electron chi connectivity index (χ2n) is 6.89. The van der Waals surface area contributed by atoms with Gasteiger partial charge in [0.2, 0.25) is 5.72 Å². The Balaban J connectivity index is 1.93. The van der Waals surface area contributed by atoms with Crippen LogP contribution < -0.4 is 5.73 Å². The molecule has 0 radical (unpaired) electrons. The summed E-state index contributed by atoms with van der Waals surface area (Å²) in [6.07, 6.45) is -8.65. The molecule has 0 aromatic carbocycles. The minimum Gasteiger partial charge on any atom is -0.394 e. The Morgan fingerprint density at radius 1 is 1.14 bits per heavy atom. The molecule has 2 aliphatic heterocycles. The maximum absolute atomic E-state index is 13.4. The third-order valence-electron chi connectivity index (χ3n) is 5.41. The van der Waals surface area contributed by atoms with Gasteiger partial charge in [0.1, 0.15) is 48.5 Å². The third kappa shape index (κ3) is 2.72. The normalized spacial score (nSPS) is 40.1. The lowest BCUT2D eigenvalue weighted by atomic mass is 9.92. The van der Waals surface area contributed by atoms with Crippen molar-refractivity contribution in [2.24, 2.45) is 0 Å². The Labute approximate surface area is 162 Å². The summed E-state index contributed by atoms with van der Waals surface area (Å²) in [5.41, 5.74) is 3.81. The van der Waals surface area contributed by atoms with E-state index in [1.165, 1.54) is 0 Å². The van der Waals surface area contributed by atoms with Gasteiger partial charge in [0.25, 0.3) is 0 Å². The summed E-state index contributed by atoms with van der Waals surface area (Å²) in [4.78, 5) is 15.8. The quantitative estimate of drug-likeness (QED) is 0.282. The van der Waals surface area contributed by atoms with Gasteiger partial charge in [-0.3, -0.25) is 4.57 Å². The Bertz CT molecular complexity index is 888. The Hall–Kier alpha value is -2.04. The standard InChI is InChI=1S/C15H20FN5O8/c16-29-10-8(24)5(1-22)27-12(10)15(11(26)9(25)6(2-23)28-15)21-4-20-7-13(17)18-3-19-14(7)21/h3-6,8-12,22-26H,1-2H2,(H2,17,18,19)/t5-,6-,8-,9-,10+,11-,12?,15+/m1/s1. The molecule has 14 heteroatoms. The maximum Gasteiger partial charge on any atom is 0.205 e. The molecule has 2 saturated heterocycles. The SMILES string of the molecule is Nc1ncnc2c1ncn2[C@]1(C2O[C@H](CO)[C@@H](O)[C@@H]2OF)O[C@H](CO)[C@@H](O)[C@H]1O. The Kier molecular flexibility index (Phi) is 5.12. The fourth-order valence-corrected chi connectivity index (χ4v) is 3.98. The number of aromatic nitrogens is 4. The molecule has 0 saturated carbocycles. The van der Waals surface area contributed by atoms with Crippen LogP contribution in [0, 0.1) is 0 Å². The molecule has 13 nitrogen and oxygen atoms in total. The molecule has 2 aromatic rings. The number of nitrogens with zero attached hydrogens (tertiary/aromatic N) is 4. The Morgan fingerprint density at radius 3 is 2.48 bits per heavy atom. The molecule has 0 bridgehead atoms. The number of nitrogens with two attached hydrogens (primary N) is 1. The molecule has 29 heavy (non-hydrogen) atoms. The van der Waals surface area contributed by atoms with Crippen LogP contribution >= 0.6 is 0 Å². The minimum atomic E-state index is -2.15. The summed E-state index contributed by atoms with van der Waals surface area (Å²) in [6, 6.07) is 0. The number of fused-ring (bicyclic) bond motifs is 1. The van der Waals surface area contributed by atoms with Crippen LogP contribution in [0.1, 0.15) is 0 Å². The van der Waals surface area contributed by atoms with Gasteiger partial charge in [-0.1, -0.05) is 0 Å². The van der Waals surface area contributed by atoms with Crippen LogP contribution in [-0.2, 0) is 20.1 Å². The molecule has 0 spiro atoms. The van der Waals surface area contributed by atoms with Crippen molar-refractivity contribution in [2.45, 2.75) is 48.5 Å². The second kappa shape index (κ2) is 7.33. The highest BCUT2D eigenvalue weighted by Gasteiger charge is 2.67. The second-order valence-corrected chi connectivity index (χ2v) is 6.89. The summed E-state index contributed by atoms with van der Waals surface area (Å²) in [5.74, 6) is 0.00884. The van der Waals surface area contributed by atoms with Crippen LogP contribution in [0.15, 0.2) is 12.7 Å². The predicted octanol–water partition coefficient (Wildman–Crippen LogP) is -3.44. The van der Waals surface area contributed by atoms with Crippen LogP contribution in [0.2, 0.25) is 0 Å². The lowest BCUT2D eigenvalue weighted by Crippen LogP contribution is -2.58. The van der Waals surface area contributed by atoms with Gasteiger partial charge in [0.15, 0.2) is 17.6 Å². The number of ether oxygens (including phenoxy) is 2. The molecular weight excluding hydrogens is 397 g/mol. The van der Waals surface area contributed by atoms with E-state index >= 15 is 0 Å². The van der Waals surface area contributed by atoms with Crippen molar-refractivity contribution >= 4 is 17.0 Å². The number of nitrogen functional groups attached to an aromatic ring is 1. The van der Waals surface area contributed by atoms with Gasteiger partial charge in [0.05, 0.1) is 19.5 Å². The van der Waals surface area contributed by atoms with Gasteiger partial charge >= 0.3 is 0 Å². The third-order valence-corrected chi connectivity index (χ3v) is 5.41. The lowest BCUT2D eigenvalue weighted by Gasteiger charge is -2.39. The van der Waals surface area contributed by atoms with E-state index in [0.717, 1.165) is 17.2 Å². The van der Waals surface area contributed by atoms with E-state index in [2.05, 4.69) is 19.9 Å². The van der Waals surface area contributed by atoms with Crippen LogP contribution in [0.3, 0.4) is 0 Å². The first kappa shape index (κ1) is 20.2. The van der Waals surface area contributed by atoms with E-state index in [1.54, 1.807) is 0 Å². The summed E-state index contributed by atoms with van der Waals surface area (Å²) in [5, 5.41) is 50.6. The number of imidazole rings is 1. The first-order valence-corrected chi connectivity index (χ1v) is 8.71. The molecule has 7 N–H and O–H groups in total. The molecule has 4 heterocycles. The lowest BCUT2D eigenvalue weighted by molar-refractivity contribution is -0.272. The zero-order valence-electron chi connectivity index (χ0n) is 14.8. The van der Waals surface area contributed by atoms with Gasteiger partial charge in [-0.25, -0.2) is 15.0 Å². The predicted molar refractivity (Wildman–Crippen MR) is 89.4 cm³/mol. The van der Waals surface area contributed by atoms with Gasteiger partial charge in [0, 0.05) is 0 Å². The van der Waals surface area contributed by atoms with E-state index in [1.807, 2.05) is 0 Å². The number of halogens is 1. The molecular formula is C15H20FN5O8. The first-order valence-electron chi connectivity index (χ1n) is 8.71. The van der Waals surface area contributed by atoms with Crippen molar-refractivity contribution in [3.63, 3.8) is 0 Å². The molecule has 0 aliphatic carbocycles. The number of hydrogen-bond acceptors (Lipinski definition) is 12. The van der Waals surface area contributed by atoms with Crippen molar-refractivity contribution in [1.82, 2.24) is 19.5 Å². The average Bonchev–Trinajstić information content (AvgIpc) is 3.37. The highest BCUT2D eigenvalue weighted by atomic mass is 19.3. The van der Waals surface area contributed by atoms with E-state index < -0.39 is 61.7 Å². The zero-order chi connectivity index (χ0) is 20.9. The monoisotopic (exact) mass is 417 g/mol. The van der Waals surface area contributed by atoms with Gasteiger partial charge in [-0.05, 0) is 4.53 Å². The molecule has 2 fully saturated rings. The fraction of sp³-hybridized carbons (Fsp3) is 0.667. The first-order chi connectivity index (χ1) is 13.9. The maximum atomic E-state index is 13.4. The summed E-state index contributed by atoms with van der Waals surface area (Å²) in [6.45, 7) is -1.38. The number of aliphatic hydroxyl groups excluding tert-OH is 5. The van der Waals surface area contributed by atoms with E-state index in [4.69, 9.17) is 15.2 Å². The molecule has 1 unspecified atom stereocenters. The molecule has 8 atom stereocenters. The number of rotatable bonds is 5. The molecule has 160 valence electrons. The fourth-order valence-electron chi connectivity index (χ4n) is 3.98. The van der Waals surface area contributed by atoms with Gasteiger partial charge < -0.3 is 40.7 Å². The van der Waals surface area contributed by atoms with Crippen molar-refractivity contribution in [1.29, 1.82) is 0 Å². The van der Waals surface area contributed by atoms with Gasteiger partial charge in [-0.15, -0.1) is 0 Å². The zero-order valence-corrected chi connectivity index (χ0v) is 14.8. The summed E-state index contributed by atoms with van der Waals surface area (Å²) < 4.78 is 25.9. The van der Waals surface area contributed by atoms with Crippen LogP contribution in [0.5, 0.6) is 0 Å². The number of aliphatic hydroxyl groups is 5. The topological polar surface area (TPSA) is 198 Å². The van der Waals surface area contributed by atoms with E-state index in [-0.39, 0.29) is 17.0 Å². The smallest absolute Gasteiger partial charge is 0.205 e. The summed E-state index contributed by atoms with van der Waals surface area (Å²) in [7, 11) is 0. The number of hydrogen-bond donors (Lipinski definition) is 6. The summed E-state index contributed by atoms with van der Waals surface area (Å²) >= 11 is 0. The molecule has 2 aromatic heterocycles. The van der Waals surface area contributed by atoms with Crippen molar-refractivity contribution < 1.29 is 44.5 Å². The number of anilines is 1. The van der Waals surface area contributed by atoms with Crippen molar-refractivity contribution in [3.8, 4) is 0 Å². The minimum absolute atomic E-state index is 0.00884. The molecule has 2 aliphatic rings. The van der Waals surface area contributed by atoms with Crippen LogP contribution in [-0.4, -0.2) is 101 Å². The van der Waals surface area contributed by atoms with Gasteiger partial charge in [-0.2, -0.15) is 4.94 Å².